The number of benzene rings is 1. The van der Waals surface area contributed by atoms with Crippen LogP contribution in [0, 0.1) is 12.8 Å². The number of hydrogen-bond donors (Lipinski definition) is 1. The van der Waals surface area contributed by atoms with Gasteiger partial charge in [0.15, 0.2) is 6.10 Å². The van der Waals surface area contributed by atoms with E-state index in [-0.39, 0.29) is 29.2 Å². The van der Waals surface area contributed by atoms with Gasteiger partial charge >= 0.3 is 0 Å². The molecule has 1 aromatic carbocycles. The van der Waals surface area contributed by atoms with E-state index < -0.39 is 16.1 Å². The topological polar surface area (TPSA) is 96.0 Å². The number of nitrogens with one attached hydrogen (secondary N) is 1. The van der Waals surface area contributed by atoms with Crippen molar-refractivity contribution in [1.29, 1.82) is 0 Å². The van der Waals surface area contributed by atoms with Gasteiger partial charge in [0.05, 0.1) is 16.5 Å². The van der Waals surface area contributed by atoms with Crippen molar-refractivity contribution in [1.82, 2.24) is 9.21 Å². The van der Waals surface area contributed by atoms with Gasteiger partial charge in [0.1, 0.15) is 5.75 Å². The van der Waals surface area contributed by atoms with Gasteiger partial charge in [-0.15, -0.1) is 0 Å². The van der Waals surface area contributed by atoms with Crippen LogP contribution in [0.1, 0.15) is 44.6 Å². The molecule has 30 heavy (non-hydrogen) atoms. The number of carbonyl (C=O) groups excluding carboxylic acids is 2. The molecule has 1 N–H and O–H groups in total. The third-order valence-corrected chi connectivity index (χ3v) is 8.23. The van der Waals surface area contributed by atoms with Crippen LogP contribution in [0.15, 0.2) is 17.0 Å². The van der Waals surface area contributed by atoms with E-state index in [9.17, 15) is 18.0 Å². The Kier molecular flexibility index (Phi) is 5.76. The highest BCUT2D eigenvalue weighted by atomic mass is 32.2. The number of rotatable bonds is 3. The second kappa shape index (κ2) is 8.19. The maximum atomic E-state index is 13.4. The minimum absolute atomic E-state index is 0.0802. The maximum absolute atomic E-state index is 13.4. The molecule has 3 heterocycles. The van der Waals surface area contributed by atoms with Gasteiger partial charge in [-0.2, -0.15) is 4.31 Å². The molecule has 1 aromatic rings. The fraction of sp³-hybridized carbons (Fsp3) is 0.619. The molecule has 4 rings (SSSR count). The van der Waals surface area contributed by atoms with Crippen molar-refractivity contribution in [2.24, 2.45) is 5.92 Å². The zero-order chi connectivity index (χ0) is 21.5. The quantitative estimate of drug-likeness (QED) is 0.785. The summed E-state index contributed by atoms with van der Waals surface area (Å²) in [6, 6.07) is 3.12. The van der Waals surface area contributed by atoms with Crippen molar-refractivity contribution in [3.05, 3.63) is 17.7 Å². The van der Waals surface area contributed by atoms with Crippen molar-refractivity contribution in [2.75, 3.05) is 31.5 Å². The Labute approximate surface area is 177 Å². The smallest absolute Gasteiger partial charge is 0.265 e. The van der Waals surface area contributed by atoms with E-state index in [1.807, 2.05) is 4.90 Å². The number of aryl methyl sites for hydroxylation is 1. The van der Waals surface area contributed by atoms with Crippen LogP contribution in [0.4, 0.5) is 5.69 Å². The van der Waals surface area contributed by atoms with E-state index in [0.29, 0.717) is 30.0 Å². The Morgan fingerprint density at radius 1 is 1.13 bits per heavy atom. The average molecular weight is 436 g/mol. The normalized spacial score (nSPS) is 25.3. The summed E-state index contributed by atoms with van der Waals surface area (Å²) < 4.78 is 33.9. The Morgan fingerprint density at radius 2 is 1.87 bits per heavy atom. The number of ether oxygens (including phenoxy) is 1. The molecular formula is C21H29N3O5S. The Hall–Kier alpha value is -2.13. The van der Waals surface area contributed by atoms with Gasteiger partial charge in [-0.1, -0.05) is 0 Å². The fourth-order valence-electron chi connectivity index (χ4n) is 4.49. The Morgan fingerprint density at radius 3 is 2.60 bits per heavy atom. The predicted molar refractivity (Wildman–Crippen MR) is 112 cm³/mol. The molecule has 2 fully saturated rings. The largest absolute Gasteiger partial charge is 0.479 e. The molecule has 3 aliphatic heterocycles. The van der Waals surface area contributed by atoms with Crippen LogP contribution in [0.2, 0.25) is 0 Å². The van der Waals surface area contributed by atoms with Gasteiger partial charge in [0.25, 0.3) is 5.91 Å². The predicted octanol–water partition coefficient (Wildman–Crippen LogP) is 2.13. The van der Waals surface area contributed by atoms with Crippen molar-refractivity contribution in [3.8, 4) is 5.75 Å². The first kappa shape index (κ1) is 21.1. The molecule has 0 bridgehead atoms. The number of fused-ring (bicyclic) bond motifs is 1. The van der Waals surface area contributed by atoms with Crippen LogP contribution in [0.25, 0.3) is 0 Å². The van der Waals surface area contributed by atoms with E-state index in [1.165, 1.54) is 10.4 Å². The third kappa shape index (κ3) is 3.92. The second-order valence-corrected chi connectivity index (χ2v) is 10.4. The molecule has 0 radical (unpaired) electrons. The van der Waals surface area contributed by atoms with Crippen LogP contribution >= 0.6 is 0 Å². The summed E-state index contributed by atoms with van der Waals surface area (Å²) in [4.78, 5) is 26.8. The minimum Gasteiger partial charge on any atom is -0.479 e. The van der Waals surface area contributed by atoms with E-state index in [0.717, 1.165) is 38.8 Å². The summed E-state index contributed by atoms with van der Waals surface area (Å²) in [5.74, 6) is -0.117. The molecule has 0 saturated carbocycles. The Balaban J connectivity index is 1.56. The van der Waals surface area contributed by atoms with Crippen molar-refractivity contribution in [2.45, 2.75) is 57.0 Å². The molecule has 0 unspecified atom stereocenters. The fourth-order valence-corrected chi connectivity index (χ4v) is 6.24. The lowest BCUT2D eigenvalue weighted by atomic mass is 9.97. The summed E-state index contributed by atoms with van der Waals surface area (Å²) >= 11 is 0. The van der Waals surface area contributed by atoms with Gasteiger partial charge in [-0.05, 0) is 57.6 Å². The highest BCUT2D eigenvalue weighted by Crippen LogP contribution is 2.36. The molecule has 2 atom stereocenters. The second-order valence-electron chi connectivity index (χ2n) is 8.45. The van der Waals surface area contributed by atoms with Crippen molar-refractivity contribution >= 4 is 27.5 Å². The standard InChI is InChI=1S/C21H29N3O5S/c1-14-11-17-18(29-15(2)20(25)22-17)12-19(14)30(27,28)24-10-6-7-16(13-24)21(26)23-8-4-3-5-9-23/h11-12,15-16H,3-10,13H2,1-2H3,(H,22,25)/t15-,16+/m1/s1. The first-order valence-corrected chi connectivity index (χ1v) is 12.1. The van der Waals surface area contributed by atoms with Crippen molar-refractivity contribution < 1.29 is 22.7 Å². The molecule has 0 aromatic heterocycles. The number of sulfonamides is 1. The molecule has 164 valence electrons. The molecule has 0 aliphatic carbocycles. The van der Waals surface area contributed by atoms with Gasteiger partial charge in [0, 0.05) is 32.2 Å². The summed E-state index contributed by atoms with van der Waals surface area (Å²) in [5.41, 5.74) is 1.02. The molecule has 3 aliphatic rings. The van der Waals surface area contributed by atoms with E-state index >= 15 is 0 Å². The first-order chi connectivity index (χ1) is 14.3. The zero-order valence-corrected chi connectivity index (χ0v) is 18.3. The minimum atomic E-state index is -3.78. The molecule has 2 amide bonds. The van der Waals surface area contributed by atoms with E-state index in [1.54, 1.807) is 19.9 Å². The summed E-state index contributed by atoms with van der Waals surface area (Å²) in [7, 11) is -3.78. The number of piperidine rings is 2. The van der Waals surface area contributed by atoms with Crippen LogP contribution < -0.4 is 10.1 Å². The third-order valence-electron chi connectivity index (χ3n) is 6.23. The SMILES string of the molecule is Cc1cc2c(cc1S(=O)(=O)N1CCC[C@H](C(=O)N3CCCCC3)C1)O[C@H](C)C(=O)N2. The number of anilines is 1. The average Bonchev–Trinajstić information content (AvgIpc) is 2.74. The van der Waals surface area contributed by atoms with Crippen LogP contribution in [0.3, 0.4) is 0 Å². The monoisotopic (exact) mass is 435 g/mol. The summed E-state index contributed by atoms with van der Waals surface area (Å²) in [5, 5.41) is 2.74. The molecular weight excluding hydrogens is 406 g/mol. The van der Waals surface area contributed by atoms with Crippen LogP contribution in [0.5, 0.6) is 5.75 Å². The Bertz CT molecular complexity index is 956. The van der Waals surface area contributed by atoms with Gasteiger partial charge in [-0.25, -0.2) is 8.42 Å². The number of likely N-dealkylation sites (tertiary alicyclic amines) is 1. The van der Waals surface area contributed by atoms with Gasteiger partial charge in [-0.3, -0.25) is 9.59 Å². The van der Waals surface area contributed by atoms with Gasteiger partial charge < -0.3 is 15.0 Å². The van der Waals surface area contributed by atoms with Gasteiger partial charge in [0.2, 0.25) is 15.9 Å². The lowest BCUT2D eigenvalue weighted by molar-refractivity contribution is -0.137. The molecule has 0 spiro atoms. The lowest BCUT2D eigenvalue weighted by Gasteiger charge is -2.36. The van der Waals surface area contributed by atoms with E-state index in [2.05, 4.69) is 5.32 Å². The molecule has 2 saturated heterocycles. The summed E-state index contributed by atoms with van der Waals surface area (Å²) in [6.07, 6.45) is 3.88. The highest BCUT2D eigenvalue weighted by molar-refractivity contribution is 7.89. The first-order valence-electron chi connectivity index (χ1n) is 10.7. The van der Waals surface area contributed by atoms with Crippen LogP contribution in [-0.4, -0.2) is 61.7 Å². The number of nitrogens with zero attached hydrogens (tertiary/aromatic N) is 2. The number of hydrogen-bond acceptors (Lipinski definition) is 5. The number of carbonyl (C=O) groups is 2. The molecule has 9 heteroatoms. The zero-order valence-electron chi connectivity index (χ0n) is 17.5. The molecule has 8 nitrogen and oxygen atoms in total. The number of amides is 2. The summed E-state index contributed by atoms with van der Waals surface area (Å²) in [6.45, 7) is 5.48. The maximum Gasteiger partial charge on any atom is 0.265 e. The highest BCUT2D eigenvalue weighted by Gasteiger charge is 2.37. The lowest BCUT2D eigenvalue weighted by Crippen LogP contribution is -2.48. The van der Waals surface area contributed by atoms with Crippen LogP contribution in [-0.2, 0) is 19.6 Å². The van der Waals surface area contributed by atoms with E-state index in [4.69, 9.17) is 4.74 Å². The van der Waals surface area contributed by atoms with Crippen molar-refractivity contribution in [3.63, 3.8) is 0 Å².